The van der Waals surface area contributed by atoms with Crippen molar-refractivity contribution in [3.63, 3.8) is 0 Å². The molecule has 3 aliphatic rings. The molecule has 0 radical (unpaired) electrons. The minimum Gasteiger partial charge on any atom is -0.444 e. The van der Waals surface area contributed by atoms with Crippen molar-refractivity contribution in [1.82, 2.24) is 10.2 Å². The van der Waals surface area contributed by atoms with E-state index in [-0.39, 0.29) is 35.0 Å². The molecule has 43 heavy (non-hydrogen) atoms. The van der Waals surface area contributed by atoms with Crippen LogP contribution in [0.15, 0.2) is 54.6 Å². The average molecular weight is 589 g/mol. The number of ether oxygens (including phenoxy) is 1. The van der Waals surface area contributed by atoms with Gasteiger partial charge in [-0.2, -0.15) is 0 Å². The molecule has 1 aliphatic heterocycles. The number of carbonyl (C=O) groups is 4. The normalized spacial score (nSPS) is 20.5. The molecule has 3 N–H and O–H groups in total. The molecule has 1 spiro atoms. The van der Waals surface area contributed by atoms with E-state index in [1.54, 1.807) is 36.4 Å². The number of hydrogen-bond donors (Lipinski definition) is 3. The molecule has 1 heterocycles. The molecule has 9 nitrogen and oxygen atoms in total. The number of rotatable bonds is 7. The number of nitrogens with zero attached hydrogens (tertiary/aromatic N) is 1. The maximum Gasteiger partial charge on any atom is 0.408 e. The van der Waals surface area contributed by atoms with Crippen LogP contribution in [0.4, 0.5) is 16.2 Å². The lowest BCUT2D eigenvalue weighted by atomic mass is 9.82. The summed E-state index contributed by atoms with van der Waals surface area (Å²) in [5, 5.41) is 8.81. The lowest BCUT2D eigenvalue weighted by Crippen LogP contribution is -2.55. The lowest BCUT2D eigenvalue weighted by Gasteiger charge is -2.38. The van der Waals surface area contributed by atoms with Crippen molar-refractivity contribution < 1.29 is 23.9 Å². The summed E-state index contributed by atoms with van der Waals surface area (Å²) in [6, 6.07) is 15.6. The van der Waals surface area contributed by atoms with Crippen LogP contribution in [-0.4, -0.2) is 53.4 Å². The van der Waals surface area contributed by atoms with Gasteiger partial charge >= 0.3 is 6.09 Å². The Hall–Kier alpha value is -3.88. The molecule has 2 atom stereocenters. The van der Waals surface area contributed by atoms with Gasteiger partial charge in [0, 0.05) is 35.9 Å². The van der Waals surface area contributed by atoms with E-state index in [9.17, 15) is 19.2 Å². The number of hydrogen-bond acceptors (Lipinski definition) is 5. The minimum absolute atomic E-state index is 0.00692. The van der Waals surface area contributed by atoms with E-state index in [1.165, 1.54) is 0 Å². The predicted octanol–water partition coefficient (Wildman–Crippen LogP) is 5.98. The van der Waals surface area contributed by atoms with Crippen LogP contribution in [0.5, 0.6) is 0 Å². The monoisotopic (exact) mass is 588 g/mol. The maximum absolute atomic E-state index is 13.7. The van der Waals surface area contributed by atoms with Crippen LogP contribution in [0.2, 0.25) is 0 Å². The molecule has 0 bridgehead atoms. The Morgan fingerprint density at radius 2 is 1.47 bits per heavy atom. The highest BCUT2D eigenvalue weighted by molar-refractivity contribution is 6.04. The molecule has 5 rings (SSSR count). The molecule has 0 aromatic heterocycles. The van der Waals surface area contributed by atoms with Crippen LogP contribution in [0.1, 0.15) is 82.5 Å². The zero-order valence-electron chi connectivity index (χ0n) is 25.5. The molecule has 3 fully saturated rings. The molecule has 2 aliphatic carbocycles. The number of anilines is 2. The van der Waals surface area contributed by atoms with E-state index >= 15 is 0 Å². The third-order valence-corrected chi connectivity index (χ3v) is 9.08. The second-order valence-corrected chi connectivity index (χ2v) is 13.4. The molecule has 1 unspecified atom stereocenters. The van der Waals surface area contributed by atoms with Gasteiger partial charge in [-0.05, 0) is 101 Å². The van der Waals surface area contributed by atoms with Gasteiger partial charge in [0.05, 0.1) is 0 Å². The third kappa shape index (κ3) is 7.75. The Balaban J connectivity index is 1.12. The molecule has 230 valence electrons. The first-order valence-electron chi connectivity index (χ1n) is 15.6. The first-order valence-corrected chi connectivity index (χ1v) is 15.6. The first kappa shape index (κ1) is 30.6. The second-order valence-electron chi connectivity index (χ2n) is 13.4. The molecule has 1 saturated heterocycles. The smallest absolute Gasteiger partial charge is 0.408 e. The Bertz CT molecular complexity index is 1310. The van der Waals surface area contributed by atoms with Gasteiger partial charge in [-0.1, -0.05) is 37.5 Å². The zero-order valence-corrected chi connectivity index (χ0v) is 25.5. The van der Waals surface area contributed by atoms with Gasteiger partial charge in [-0.3, -0.25) is 14.4 Å². The molecule has 4 amide bonds. The SMILES string of the molecule is CC(C)(C)OC(=O)N[C@@H](C(=O)N1CCC2(CC1)CC2C(=O)Nc1ccc(NC(=O)c2ccccc2)cc1)C1CCCCC1. The average Bonchev–Trinajstić information content (AvgIpc) is 3.70. The standard InChI is InChI=1S/C34H44N4O5/c1-33(2,3)43-32(42)37-28(23-10-6-4-7-11-23)31(41)38-20-18-34(19-21-38)22-27(34)30(40)36-26-16-14-25(15-17-26)35-29(39)24-12-8-5-9-13-24/h5,8-9,12-17,23,27-28H,4,6-7,10-11,18-22H2,1-3H3,(H,35,39)(H,36,40)(H,37,42)/t27?,28-/m1/s1. The molecule has 9 heteroatoms. The number of amides is 4. The first-order chi connectivity index (χ1) is 20.5. The number of piperidine rings is 1. The number of carbonyl (C=O) groups excluding carboxylic acids is 4. The van der Waals surface area contributed by atoms with E-state index in [0.29, 0.717) is 30.0 Å². The number of likely N-dealkylation sites (tertiary alicyclic amines) is 1. The van der Waals surface area contributed by atoms with Gasteiger partial charge in [0.2, 0.25) is 11.8 Å². The molecular weight excluding hydrogens is 544 g/mol. The summed E-state index contributed by atoms with van der Waals surface area (Å²) in [4.78, 5) is 53.8. The minimum atomic E-state index is -0.635. The van der Waals surface area contributed by atoms with Crippen LogP contribution in [0, 0.1) is 17.3 Å². The van der Waals surface area contributed by atoms with Crippen LogP contribution < -0.4 is 16.0 Å². The topological polar surface area (TPSA) is 117 Å². The van der Waals surface area contributed by atoms with Crippen molar-refractivity contribution >= 4 is 35.2 Å². The van der Waals surface area contributed by atoms with Crippen molar-refractivity contribution in [2.24, 2.45) is 17.3 Å². The highest BCUT2D eigenvalue weighted by Crippen LogP contribution is 2.59. The van der Waals surface area contributed by atoms with Crippen molar-refractivity contribution in [2.45, 2.75) is 83.8 Å². The van der Waals surface area contributed by atoms with E-state index in [2.05, 4.69) is 16.0 Å². The quantitative estimate of drug-likeness (QED) is 0.368. The van der Waals surface area contributed by atoms with Crippen molar-refractivity contribution in [3.8, 4) is 0 Å². The summed E-state index contributed by atoms with van der Waals surface area (Å²) in [5.41, 5.74) is 1.20. The maximum atomic E-state index is 13.7. The zero-order chi connectivity index (χ0) is 30.6. The van der Waals surface area contributed by atoms with E-state index in [0.717, 1.165) is 51.4 Å². The summed E-state index contributed by atoms with van der Waals surface area (Å²) in [6.45, 7) is 6.61. The summed E-state index contributed by atoms with van der Waals surface area (Å²) >= 11 is 0. The molecule has 2 aromatic carbocycles. The van der Waals surface area contributed by atoms with Crippen LogP contribution >= 0.6 is 0 Å². The molecular formula is C34H44N4O5. The van der Waals surface area contributed by atoms with Gasteiger partial charge in [0.1, 0.15) is 11.6 Å². The summed E-state index contributed by atoms with van der Waals surface area (Å²) in [6.07, 6.45) is 6.94. The van der Waals surface area contributed by atoms with Crippen molar-refractivity contribution in [1.29, 1.82) is 0 Å². The largest absolute Gasteiger partial charge is 0.444 e. The van der Waals surface area contributed by atoms with E-state index < -0.39 is 17.7 Å². The molecule has 2 aromatic rings. The van der Waals surface area contributed by atoms with Gasteiger partial charge < -0.3 is 25.6 Å². The third-order valence-electron chi connectivity index (χ3n) is 9.08. The summed E-state index contributed by atoms with van der Waals surface area (Å²) in [7, 11) is 0. The number of benzene rings is 2. The van der Waals surface area contributed by atoms with Crippen molar-refractivity contribution in [3.05, 3.63) is 60.2 Å². The summed E-state index contributed by atoms with van der Waals surface area (Å²) in [5.74, 6) is -0.201. The fraction of sp³-hybridized carbons (Fsp3) is 0.529. The Labute approximate surface area is 254 Å². The van der Waals surface area contributed by atoms with Gasteiger partial charge in [0.25, 0.3) is 5.91 Å². The predicted molar refractivity (Wildman–Crippen MR) is 166 cm³/mol. The van der Waals surface area contributed by atoms with Crippen LogP contribution in [0.3, 0.4) is 0 Å². The Kier molecular flexibility index (Phi) is 9.08. The lowest BCUT2D eigenvalue weighted by molar-refractivity contribution is -0.137. The van der Waals surface area contributed by atoms with Crippen LogP contribution in [-0.2, 0) is 14.3 Å². The second kappa shape index (κ2) is 12.8. The Morgan fingerprint density at radius 1 is 0.860 bits per heavy atom. The number of alkyl carbamates (subject to hydrolysis) is 1. The van der Waals surface area contributed by atoms with Gasteiger partial charge in [-0.25, -0.2) is 4.79 Å². The Morgan fingerprint density at radius 3 is 2.07 bits per heavy atom. The summed E-state index contributed by atoms with van der Waals surface area (Å²) < 4.78 is 5.49. The van der Waals surface area contributed by atoms with E-state index in [4.69, 9.17) is 4.74 Å². The van der Waals surface area contributed by atoms with Gasteiger partial charge in [0.15, 0.2) is 0 Å². The van der Waals surface area contributed by atoms with Crippen molar-refractivity contribution in [2.75, 3.05) is 23.7 Å². The number of nitrogens with one attached hydrogen (secondary N) is 3. The fourth-order valence-corrected chi connectivity index (χ4v) is 6.58. The highest BCUT2D eigenvalue weighted by atomic mass is 16.6. The fourth-order valence-electron chi connectivity index (χ4n) is 6.58. The van der Waals surface area contributed by atoms with Gasteiger partial charge in [-0.15, -0.1) is 0 Å². The van der Waals surface area contributed by atoms with E-state index in [1.807, 2.05) is 43.9 Å². The molecule has 2 saturated carbocycles. The van der Waals surface area contributed by atoms with Crippen LogP contribution in [0.25, 0.3) is 0 Å². The highest BCUT2D eigenvalue weighted by Gasteiger charge is 2.59.